The fraction of sp³-hybridized carbons (Fsp3) is 0.556. The Bertz CT molecular complexity index is 499. The van der Waals surface area contributed by atoms with Gasteiger partial charge in [-0.1, -0.05) is 0 Å². The van der Waals surface area contributed by atoms with E-state index in [4.69, 9.17) is 14.9 Å². The first-order valence-electron chi connectivity index (χ1n) is 4.79. The molecule has 0 fully saturated rings. The molecule has 0 aromatic carbocycles. The molecule has 1 aromatic rings. The van der Waals surface area contributed by atoms with E-state index in [-0.39, 0.29) is 26.4 Å². The Morgan fingerprint density at radius 3 is 2.75 bits per heavy atom. The molecular formula is C9H12N2O5. The van der Waals surface area contributed by atoms with Gasteiger partial charge in [-0.05, 0) is 0 Å². The number of aromatic nitrogens is 2. The normalized spacial score (nSPS) is 18.1. The van der Waals surface area contributed by atoms with Gasteiger partial charge >= 0.3 is 5.69 Å². The summed E-state index contributed by atoms with van der Waals surface area (Å²) < 4.78 is 6.51. The molecule has 0 spiro atoms. The molecule has 16 heavy (non-hydrogen) atoms. The van der Waals surface area contributed by atoms with Crippen molar-refractivity contribution in [2.24, 2.45) is 0 Å². The van der Waals surface area contributed by atoms with Gasteiger partial charge in [0.25, 0.3) is 5.56 Å². The van der Waals surface area contributed by atoms with Crippen LogP contribution < -0.4 is 11.2 Å². The first kappa shape index (κ1) is 11.1. The van der Waals surface area contributed by atoms with Crippen LogP contribution in [-0.4, -0.2) is 38.6 Å². The van der Waals surface area contributed by atoms with Crippen LogP contribution in [0.2, 0.25) is 0 Å². The average Bonchev–Trinajstić information content (AvgIpc) is 2.27. The van der Waals surface area contributed by atoms with E-state index >= 15 is 0 Å². The largest absolute Gasteiger partial charge is 0.393 e. The van der Waals surface area contributed by atoms with Gasteiger partial charge in [0, 0.05) is 18.2 Å². The van der Waals surface area contributed by atoms with Crippen LogP contribution in [0.1, 0.15) is 5.69 Å². The van der Waals surface area contributed by atoms with E-state index in [1.807, 2.05) is 0 Å². The quantitative estimate of drug-likeness (QED) is 0.532. The second-order valence-corrected chi connectivity index (χ2v) is 3.81. The Hall–Kier alpha value is -1.44. The highest BCUT2D eigenvalue weighted by molar-refractivity contribution is 5.08. The number of aromatic amines is 1. The maximum Gasteiger partial charge on any atom is 0.330 e. The van der Waals surface area contributed by atoms with Gasteiger partial charge in [0.1, 0.15) is 12.3 Å². The Morgan fingerprint density at radius 2 is 2.12 bits per heavy atom. The summed E-state index contributed by atoms with van der Waals surface area (Å²) in [6, 6.07) is 1.27. The molecule has 2 rings (SSSR count). The summed E-state index contributed by atoms with van der Waals surface area (Å²) in [5.41, 5.74) is -1.71. The van der Waals surface area contributed by atoms with Crippen molar-refractivity contribution in [3.8, 4) is 0 Å². The van der Waals surface area contributed by atoms with Crippen molar-refractivity contribution in [1.82, 2.24) is 9.55 Å². The summed E-state index contributed by atoms with van der Waals surface area (Å²) in [5.74, 6) is 0. The van der Waals surface area contributed by atoms with Crippen LogP contribution in [0, 0.1) is 0 Å². The molecule has 0 amide bonds. The van der Waals surface area contributed by atoms with E-state index in [1.165, 1.54) is 10.6 Å². The zero-order valence-corrected chi connectivity index (χ0v) is 8.47. The fourth-order valence-corrected chi connectivity index (χ4v) is 1.69. The highest BCUT2D eigenvalue weighted by Gasteiger charge is 2.35. The summed E-state index contributed by atoms with van der Waals surface area (Å²) >= 11 is 0. The summed E-state index contributed by atoms with van der Waals surface area (Å²) in [5, 5.41) is 18.3. The zero-order chi connectivity index (χ0) is 11.8. The van der Waals surface area contributed by atoms with E-state index < -0.39 is 16.9 Å². The minimum atomic E-state index is -1.11. The van der Waals surface area contributed by atoms with Gasteiger partial charge in [-0.25, -0.2) is 4.79 Å². The number of ether oxygens (including phenoxy) is 1. The summed E-state index contributed by atoms with van der Waals surface area (Å²) in [6.45, 7) is -0.832. The second kappa shape index (κ2) is 3.85. The predicted octanol–water partition coefficient (Wildman–Crippen LogP) is -2.21. The van der Waals surface area contributed by atoms with Crippen LogP contribution in [0.15, 0.2) is 15.7 Å². The molecule has 7 heteroatoms. The maximum absolute atomic E-state index is 11.4. The lowest BCUT2D eigenvalue weighted by Crippen LogP contribution is -2.50. The SMILES string of the molecule is O=c1cc2n(c(=O)[nH]1)COC(CO)(CO)C2. The standard InChI is InChI=1S/C9H12N2O5/c12-3-9(4-13)2-6-1-7(14)10-8(15)11(6)5-16-9/h1,12-13H,2-5H2,(H,10,14,15). The topological polar surface area (TPSA) is 105 Å². The van der Waals surface area contributed by atoms with E-state index in [0.29, 0.717) is 5.69 Å². The van der Waals surface area contributed by atoms with Gasteiger partial charge in [0.2, 0.25) is 0 Å². The molecule has 3 N–H and O–H groups in total. The van der Waals surface area contributed by atoms with Crippen molar-refractivity contribution in [1.29, 1.82) is 0 Å². The van der Waals surface area contributed by atoms with Crippen molar-refractivity contribution in [2.45, 2.75) is 18.8 Å². The highest BCUT2D eigenvalue weighted by atomic mass is 16.5. The van der Waals surface area contributed by atoms with Crippen molar-refractivity contribution < 1.29 is 14.9 Å². The van der Waals surface area contributed by atoms with E-state index in [2.05, 4.69) is 4.98 Å². The molecule has 0 radical (unpaired) electrons. The number of aliphatic hydroxyl groups excluding tert-OH is 2. The summed E-state index contributed by atoms with van der Waals surface area (Å²) in [4.78, 5) is 24.6. The molecule has 1 aromatic heterocycles. The van der Waals surface area contributed by atoms with Crippen LogP contribution in [0.25, 0.3) is 0 Å². The van der Waals surface area contributed by atoms with Gasteiger partial charge in [-0.2, -0.15) is 0 Å². The molecule has 0 atom stereocenters. The Labute approximate surface area is 89.9 Å². The van der Waals surface area contributed by atoms with Crippen molar-refractivity contribution in [3.63, 3.8) is 0 Å². The van der Waals surface area contributed by atoms with E-state index in [0.717, 1.165) is 0 Å². The number of nitrogens with zero attached hydrogens (tertiary/aromatic N) is 1. The monoisotopic (exact) mass is 228 g/mol. The lowest BCUT2D eigenvalue weighted by Gasteiger charge is -2.35. The van der Waals surface area contributed by atoms with Gasteiger partial charge < -0.3 is 14.9 Å². The molecule has 0 saturated carbocycles. The van der Waals surface area contributed by atoms with Crippen molar-refractivity contribution in [3.05, 3.63) is 32.6 Å². The first-order chi connectivity index (χ1) is 7.60. The third-order valence-electron chi connectivity index (χ3n) is 2.70. The van der Waals surface area contributed by atoms with E-state index in [1.54, 1.807) is 0 Å². The van der Waals surface area contributed by atoms with E-state index in [9.17, 15) is 9.59 Å². The molecular weight excluding hydrogens is 216 g/mol. The number of nitrogens with one attached hydrogen (secondary N) is 1. The lowest BCUT2D eigenvalue weighted by atomic mass is 9.98. The summed E-state index contributed by atoms with van der Waals surface area (Å²) in [6.07, 6.45) is 0.124. The predicted molar refractivity (Wildman–Crippen MR) is 53.0 cm³/mol. The third kappa shape index (κ3) is 1.69. The van der Waals surface area contributed by atoms with Crippen LogP contribution in [0.3, 0.4) is 0 Å². The van der Waals surface area contributed by atoms with Crippen LogP contribution >= 0.6 is 0 Å². The van der Waals surface area contributed by atoms with Crippen LogP contribution in [0.4, 0.5) is 0 Å². The Balaban J connectivity index is 2.48. The van der Waals surface area contributed by atoms with Gasteiger partial charge in [-0.3, -0.25) is 14.3 Å². The van der Waals surface area contributed by atoms with Crippen LogP contribution in [0.5, 0.6) is 0 Å². The molecule has 0 bridgehead atoms. The molecule has 1 aliphatic heterocycles. The molecule has 88 valence electrons. The Kier molecular flexibility index (Phi) is 2.66. The number of fused-ring (bicyclic) bond motifs is 1. The number of hydrogen-bond acceptors (Lipinski definition) is 5. The number of H-pyrrole nitrogens is 1. The third-order valence-corrected chi connectivity index (χ3v) is 2.70. The average molecular weight is 228 g/mol. The van der Waals surface area contributed by atoms with Crippen molar-refractivity contribution in [2.75, 3.05) is 13.2 Å². The minimum absolute atomic E-state index is 0.0912. The fourth-order valence-electron chi connectivity index (χ4n) is 1.69. The molecule has 2 heterocycles. The molecule has 0 unspecified atom stereocenters. The maximum atomic E-state index is 11.4. The second-order valence-electron chi connectivity index (χ2n) is 3.81. The Morgan fingerprint density at radius 1 is 1.44 bits per heavy atom. The molecule has 1 aliphatic rings. The first-order valence-corrected chi connectivity index (χ1v) is 4.79. The smallest absolute Gasteiger partial charge is 0.330 e. The molecule has 0 saturated heterocycles. The number of aliphatic hydroxyl groups is 2. The lowest BCUT2D eigenvalue weighted by molar-refractivity contribution is -0.149. The highest BCUT2D eigenvalue weighted by Crippen LogP contribution is 2.21. The van der Waals surface area contributed by atoms with Crippen molar-refractivity contribution >= 4 is 0 Å². The molecule has 7 nitrogen and oxygen atoms in total. The van der Waals surface area contributed by atoms with Gasteiger partial charge in [-0.15, -0.1) is 0 Å². The van der Waals surface area contributed by atoms with Crippen LogP contribution in [-0.2, 0) is 17.9 Å². The van der Waals surface area contributed by atoms with Gasteiger partial charge in [0.15, 0.2) is 0 Å². The zero-order valence-electron chi connectivity index (χ0n) is 8.47. The number of rotatable bonds is 2. The number of hydrogen-bond donors (Lipinski definition) is 3. The summed E-state index contributed by atoms with van der Waals surface area (Å²) in [7, 11) is 0. The van der Waals surface area contributed by atoms with Gasteiger partial charge in [0.05, 0.1) is 13.2 Å². The minimum Gasteiger partial charge on any atom is -0.393 e. The molecule has 0 aliphatic carbocycles.